The van der Waals surface area contributed by atoms with E-state index in [1.54, 1.807) is 0 Å². The quantitative estimate of drug-likeness (QED) is 0.158. The first-order valence-electron chi connectivity index (χ1n) is 6.86. The van der Waals surface area contributed by atoms with Gasteiger partial charge >= 0.3 is 286 Å². The van der Waals surface area contributed by atoms with Crippen LogP contribution in [0.2, 0.25) is 0 Å². The predicted molar refractivity (Wildman–Crippen MR) is 83.8 cm³/mol. The molecule has 12 nitrogen and oxygen atoms in total. The van der Waals surface area contributed by atoms with Crippen LogP contribution in [0.1, 0.15) is 19.3 Å². The second-order valence-electron chi connectivity index (χ2n) is 4.69. The third-order valence-electron chi connectivity index (χ3n) is 2.48. The number of carboxylic acids is 6. The van der Waals surface area contributed by atoms with Crippen LogP contribution in [0.4, 0.5) is 0 Å². The van der Waals surface area contributed by atoms with Crippen LogP contribution in [0.3, 0.4) is 0 Å². The fourth-order valence-electron chi connectivity index (χ4n) is 1.33. The third-order valence-corrected chi connectivity index (χ3v) is 26.2. The van der Waals surface area contributed by atoms with Gasteiger partial charge in [-0.15, -0.1) is 0 Å². The Balaban J connectivity index is -0.000000243. The van der Waals surface area contributed by atoms with Gasteiger partial charge in [0, 0.05) is 0 Å². The van der Waals surface area contributed by atoms with Crippen molar-refractivity contribution in [3.05, 3.63) is 0 Å². The Morgan fingerprint density at radius 3 is 0.765 bits per heavy atom. The van der Waals surface area contributed by atoms with Gasteiger partial charge in [-0.3, -0.25) is 0 Å². The predicted octanol–water partition coefficient (Wildman–Crippen LogP) is -26.0. The summed E-state index contributed by atoms with van der Waals surface area (Å²) in [5.74, 6) is -10.9. The van der Waals surface area contributed by atoms with E-state index in [0.29, 0.717) is 26.5 Å². The summed E-state index contributed by atoms with van der Waals surface area (Å²) in [7, 11) is 1.17. The summed E-state index contributed by atoms with van der Waals surface area (Å²) < 4.78 is 0. The summed E-state index contributed by atoms with van der Waals surface area (Å²) in [4.78, 5) is 65.2. The number of hydrogen-bond donors (Lipinski definition) is 0. The van der Waals surface area contributed by atoms with E-state index >= 15 is 0 Å². The zero-order chi connectivity index (χ0) is 22.0. The molecule has 34 heavy (non-hydrogen) atoms. The van der Waals surface area contributed by atoms with Gasteiger partial charge < -0.3 is 0 Å². The Morgan fingerprint density at radius 1 is 0.471 bits per heavy atom. The number of rotatable bonds is 15. The molecule has 0 saturated heterocycles. The van der Waals surface area contributed by atoms with Gasteiger partial charge in [0.15, 0.2) is 0 Å². The van der Waals surface area contributed by atoms with Crippen molar-refractivity contribution in [2.24, 2.45) is 0 Å². The molecule has 158 valence electrons. The molecule has 0 spiro atoms. The van der Waals surface area contributed by atoms with Crippen LogP contribution < -0.4 is 144 Å². The van der Waals surface area contributed by atoms with Gasteiger partial charge in [-0.1, -0.05) is 0 Å². The van der Waals surface area contributed by atoms with E-state index in [0.717, 1.165) is 0 Å². The van der Waals surface area contributed by atoms with Crippen LogP contribution in [0.15, 0.2) is 0 Å². The first kappa shape index (κ1) is 52.7. The SMILES string of the molecule is O=C([O-])CC([S][Sb]([S]C(CC(=O)[O-])C(=O)[O-])[S]C(CC(=O)[O-])C(=O)[O-])C(=O)[O-].[Li+].[Li+].[Li+].[Li+].[Li+].[Li+]. The van der Waals surface area contributed by atoms with E-state index in [1.807, 2.05) is 0 Å². The minimum Gasteiger partial charge on any atom is 1.00 e. The maximum absolute atomic E-state index is 11.1. The maximum Gasteiger partial charge on any atom is 1.00 e. The van der Waals surface area contributed by atoms with Gasteiger partial charge in [0.2, 0.25) is 0 Å². The molecule has 0 aliphatic carbocycles. The molecule has 0 saturated carbocycles. The van der Waals surface area contributed by atoms with Crippen molar-refractivity contribution in [3.63, 3.8) is 0 Å². The second kappa shape index (κ2) is 28.3. The number of carbonyl (C=O) groups is 6. The van der Waals surface area contributed by atoms with Crippen molar-refractivity contribution in [1.29, 1.82) is 0 Å². The Kier molecular flexibility index (Phi) is 43.8. The number of carbonyl (C=O) groups excluding carboxylic acids is 6. The Hall–Kier alpha value is 2.27. The third kappa shape index (κ3) is 25.9. The molecule has 0 N–H and O–H groups in total. The first-order chi connectivity index (χ1) is 12.8. The monoisotopic (exact) mass is 604 g/mol. The Morgan fingerprint density at radius 2 is 0.647 bits per heavy atom. The van der Waals surface area contributed by atoms with Crippen LogP contribution in [0.25, 0.3) is 0 Å². The van der Waals surface area contributed by atoms with E-state index in [2.05, 4.69) is 0 Å². The average Bonchev–Trinajstić information content (AvgIpc) is 2.50. The van der Waals surface area contributed by atoms with Crippen LogP contribution >= 0.6 is 26.5 Å². The van der Waals surface area contributed by atoms with Crippen LogP contribution in [0.5, 0.6) is 0 Å². The molecule has 3 atom stereocenters. The summed E-state index contributed by atoms with van der Waals surface area (Å²) in [5, 5.41) is 60.0. The molecule has 0 aliphatic rings. The van der Waals surface area contributed by atoms with Gasteiger partial charge in [0.1, 0.15) is 0 Å². The molecule has 22 heteroatoms. The van der Waals surface area contributed by atoms with Crippen LogP contribution in [-0.4, -0.2) is 67.6 Å². The molecule has 3 unspecified atom stereocenters. The summed E-state index contributed by atoms with van der Waals surface area (Å²) in [5.41, 5.74) is 0. The molecule has 0 bridgehead atoms. The largest absolute Gasteiger partial charge is 1.00 e. The van der Waals surface area contributed by atoms with Gasteiger partial charge in [0.25, 0.3) is 0 Å². The molecule has 0 aliphatic heterocycles. The van der Waals surface area contributed by atoms with Crippen molar-refractivity contribution in [3.8, 4) is 0 Å². The zero-order valence-electron chi connectivity index (χ0n) is 19.4. The van der Waals surface area contributed by atoms with Crippen molar-refractivity contribution < 1.29 is 173 Å². The smallest absolute Gasteiger partial charge is 1.00 e. The van der Waals surface area contributed by atoms with Gasteiger partial charge in [-0.2, -0.15) is 0 Å². The average molecular weight is 605 g/mol. The molecule has 0 radical (unpaired) electrons. The van der Waals surface area contributed by atoms with E-state index in [1.165, 1.54) is 0 Å². The second-order valence-corrected chi connectivity index (χ2v) is 25.7. The van der Waals surface area contributed by atoms with E-state index in [-0.39, 0.29) is 113 Å². The van der Waals surface area contributed by atoms with Crippen LogP contribution in [0, 0.1) is 0 Å². The van der Waals surface area contributed by atoms with E-state index in [4.69, 9.17) is 0 Å². The van der Waals surface area contributed by atoms with Crippen molar-refractivity contribution >= 4 is 78.4 Å². The van der Waals surface area contributed by atoms with Gasteiger partial charge in [0.05, 0.1) is 0 Å². The molecule has 0 rings (SSSR count). The van der Waals surface area contributed by atoms with Crippen molar-refractivity contribution in [2.45, 2.75) is 35.0 Å². The standard InChI is InChI=1S/3C4H6O4S.6Li.Sb/c3*5-3(6)1-2(9)4(7)8;;;;;;;/h3*2,9H,1H2,(H,5,6)(H,7,8);;;;;;;/q;;;6*+1;+3/p-9. The molecular formula is C12H9Li6O12S3Sb. The van der Waals surface area contributed by atoms with Crippen molar-refractivity contribution in [2.75, 3.05) is 0 Å². The molecule has 0 aromatic heterocycles. The topological polar surface area (TPSA) is 241 Å². The van der Waals surface area contributed by atoms with Crippen LogP contribution in [-0.2, 0) is 28.8 Å². The number of aliphatic carboxylic acids is 6. The minimum absolute atomic E-state index is 0. The number of carboxylic acid groups (broad SMARTS) is 6. The molecular weight excluding hydrogens is 596 g/mol. The minimum atomic E-state index is -3.67. The van der Waals surface area contributed by atoms with Crippen molar-refractivity contribution in [1.82, 2.24) is 0 Å². The fourth-order valence-corrected chi connectivity index (χ4v) is 29.3. The van der Waals surface area contributed by atoms with E-state index in [9.17, 15) is 59.4 Å². The molecule has 0 heterocycles. The summed E-state index contributed by atoms with van der Waals surface area (Å²) >= 11 is -3.67. The van der Waals surface area contributed by atoms with Gasteiger partial charge in [-0.05, 0) is 0 Å². The summed E-state index contributed by atoms with van der Waals surface area (Å²) in [6.45, 7) is 0. The van der Waals surface area contributed by atoms with Gasteiger partial charge in [-0.25, -0.2) is 0 Å². The summed E-state index contributed by atoms with van der Waals surface area (Å²) in [6.07, 6.45) is -3.16. The number of hydrogen-bond acceptors (Lipinski definition) is 15. The molecule has 0 amide bonds. The normalized spacial score (nSPS) is 11.6. The molecule has 0 aromatic carbocycles. The zero-order valence-corrected chi connectivity index (χ0v) is 24.4. The first-order valence-corrected chi connectivity index (χ1v) is 18.7. The molecule has 0 fully saturated rings. The Labute approximate surface area is 282 Å². The fraction of sp³-hybridized carbons (Fsp3) is 0.500. The maximum atomic E-state index is 11.1. The van der Waals surface area contributed by atoms with E-state index < -0.39 is 86.8 Å². The molecule has 0 aromatic rings. The Bertz CT molecular complexity index is 579. The summed E-state index contributed by atoms with van der Waals surface area (Å²) in [6, 6.07) is 0.